The van der Waals surface area contributed by atoms with Gasteiger partial charge in [0.2, 0.25) is 0 Å². The lowest BCUT2D eigenvalue weighted by Crippen LogP contribution is -2.23. The minimum Gasteiger partial charge on any atom is -0.383 e. The van der Waals surface area contributed by atoms with Gasteiger partial charge in [0.1, 0.15) is 5.82 Å². The molecule has 4 nitrogen and oxygen atoms in total. The molecular formula is C14H15N3O. The van der Waals surface area contributed by atoms with Crippen LogP contribution >= 0.6 is 0 Å². The fourth-order valence-corrected chi connectivity index (χ4v) is 1.70. The molecule has 0 spiro atoms. The smallest absolute Gasteiger partial charge is 0.251 e. The van der Waals surface area contributed by atoms with Gasteiger partial charge in [-0.2, -0.15) is 0 Å². The molecule has 0 bridgehead atoms. The molecule has 0 aliphatic carbocycles. The summed E-state index contributed by atoms with van der Waals surface area (Å²) in [7, 11) is 0. The average Bonchev–Trinajstić information content (AvgIpc) is 2.39. The number of pyridine rings is 1. The third-order valence-electron chi connectivity index (χ3n) is 2.79. The maximum Gasteiger partial charge on any atom is 0.251 e. The van der Waals surface area contributed by atoms with Crippen molar-refractivity contribution in [2.45, 2.75) is 13.5 Å². The molecule has 0 radical (unpaired) electrons. The first-order chi connectivity index (χ1) is 8.68. The van der Waals surface area contributed by atoms with E-state index in [1.807, 2.05) is 31.2 Å². The van der Waals surface area contributed by atoms with E-state index in [4.69, 9.17) is 5.73 Å². The number of carbonyl (C=O) groups is 1. The van der Waals surface area contributed by atoms with Gasteiger partial charge in [-0.1, -0.05) is 18.2 Å². The van der Waals surface area contributed by atoms with Gasteiger partial charge in [-0.05, 0) is 30.7 Å². The Bertz CT molecular complexity index is 532. The van der Waals surface area contributed by atoms with Crippen LogP contribution in [0.2, 0.25) is 0 Å². The molecule has 0 aliphatic rings. The van der Waals surface area contributed by atoms with E-state index in [1.54, 1.807) is 18.3 Å². The number of rotatable bonds is 3. The van der Waals surface area contributed by atoms with Crippen molar-refractivity contribution in [3.63, 3.8) is 0 Å². The Morgan fingerprint density at radius 3 is 2.67 bits per heavy atom. The normalized spacial score (nSPS) is 10.1. The first kappa shape index (κ1) is 12.1. The Balaban J connectivity index is 2.07. The van der Waals surface area contributed by atoms with E-state index in [2.05, 4.69) is 10.3 Å². The monoisotopic (exact) mass is 241 g/mol. The molecule has 1 amide bonds. The first-order valence-corrected chi connectivity index (χ1v) is 5.71. The molecule has 2 aromatic rings. The molecule has 0 saturated heterocycles. The molecule has 1 heterocycles. The molecule has 0 saturated carbocycles. The molecule has 92 valence electrons. The van der Waals surface area contributed by atoms with Gasteiger partial charge < -0.3 is 11.1 Å². The maximum atomic E-state index is 11.9. The standard InChI is InChI=1S/C14H15N3O/c1-10-7-8-16-13(15)12(10)9-17-14(18)11-5-3-2-4-6-11/h2-8H,9H2,1H3,(H2,15,16)(H,17,18). The van der Waals surface area contributed by atoms with Crippen molar-refractivity contribution in [1.82, 2.24) is 10.3 Å². The zero-order valence-corrected chi connectivity index (χ0v) is 10.2. The predicted molar refractivity (Wildman–Crippen MR) is 71.0 cm³/mol. The SMILES string of the molecule is Cc1ccnc(N)c1CNC(=O)c1ccccc1. The van der Waals surface area contributed by atoms with Gasteiger partial charge in [0, 0.05) is 23.9 Å². The first-order valence-electron chi connectivity index (χ1n) is 5.71. The summed E-state index contributed by atoms with van der Waals surface area (Å²) in [5.74, 6) is 0.349. The predicted octanol–water partition coefficient (Wildman–Crippen LogP) is 1.90. The number of hydrogen-bond donors (Lipinski definition) is 2. The lowest BCUT2D eigenvalue weighted by atomic mass is 10.1. The van der Waals surface area contributed by atoms with Gasteiger partial charge in [0.25, 0.3) is 5.91 Å². The molecule has 3 N–H and O–H groups in total. The highest BCUT2D eigenvalue weighted by Gasteiger charge is 2.07. The van der Waals surface area contributed by atoms with Crippen LogP contribution in [0, 0.1) is 6.92 Å². The van der Waals surface area contributed by atoms with Crippen LogP contribution in [0.1, 0.15) is 21.5 Å². The summed E-state index contributed by atoms with van der Waals surface area (Å²) in [5, 5.41) is 2.84. The van der Waals surface area contributed by atoms with E-state index in [-0.39, 0.29) is 5.91 Å². The second-order valence-electron chi connectivity index (χ2n) is 4.04. The van der Waals surface area contributed by atoms with Crippen LogP contribution < -0.4 is 11.1 Å². The van der Waals surface area contributed by atoms with Crippen LogP contribution in [0.4, 0.5) is 5.82 Å². The second kappa shape index (κ2) is 5.31. The summed E-state index contributed by atoms with van der Waals surface area (Å²) in [4.78, 5) is 15.9. The summed E-state index contributed by atoms with van der Waals surface area (Å²) < 4.78 is 0. The summed E-state index contributed by atoms with van der Waals surface area (Å²) in [5.41, 5.74) is 8.31. The Morgan fingerprint density at radius 2 is 2.00 bits per heavy atom. The van der Waals surface area contributed by atoms with Gasteiger partial charge >= 0.3 is 0 Å². The number of aryl methyl sites for hydroxylation is 1. The summed E-state index contributed by atoms with van der Waals surface area (Å²) in [6.45, 7) is 2.33. The number of anilines is 1. The van der Waals surface area contributed by atoms with Crippen molar-refractivity contribution in [3.8, 4) is 0 Å². The van der Waals surface area contributed by atoms with Gasteiger partial charge in [0.05, 0.1) is 0 Å². The number of nitrogens with zero attached hydrogens (tertiary/aromatic N) is 1. The third-order valence-corrected chi connectivity index (χ3v) is 2.79. The molecule has 0 aliphatic heterocycles. The molecule has 18 heavy (non-hydrogen) atoms. The quantitative estimate of drug-likeness (QED) is 0.862. The van der Waals surface area contributed by atoms with E-state index in [0.29, 0.717) is 17.9 Å². The largest absolute Gasteiger partial charge is 0.383 e. The van der Waals surface area contributed by atoms with E-state index in [0.717, 1.165) is 11.1 Å². The molecule has 1 aromatic heterocycles. The summed E-state index contributed by atoms with van der Waals surface area (Å²) in [6, 6.07) is 11.0. The van der Waals surface area contributed by atoms with E-state index in [9.17, 15) is 4.79 Å². The molecule has 0 atom stereocenters. The highest BCUT2D eigenvalue weighted by Crippen LogP contribution is 2.13. The number of amides is 1. The van der Waals surface area contributed by atoms with Gasteiger partial charge in [-0.15, -0.1) is 0 Å². The molecule has 0 unspecified atom stereocenters. The third kappa shape index (κ3) is 2.66. The number of nitrogens with one attached hydrogen (secondary N) is 1. The van der Waals surface area contributed by atoms with Gasteiger partial charge in [-0.25, -0.2) is 4.98 Å². The van der Waals surface area contributed by atoms with Crippen molar-refractivity contribution < 1.29 is 4.79 Å². The van der Waals surface area contributed by atoms with Crippen LogP contribution in [0.5, 0.6) is 0 Å². The Morgan fingerprint density at radius 1 is 1.28 bits per heavy atom. The van der Waals surface area contributed by atoms with Gasteiger partial charge in [0.15, 0.2) is 0 Å². The number of nitrogens with two attached hydrogens (primary N) is 1. The van der Waals surface area contributed by atoms with E-state index >= 15 is 0 Å². The van der Waals surface area contributed by atoms with Crippen molar-refractivity contribution in [2.24, 2.45) is 0 Å². The Hall–Kier alpha value is -2.36. The fourth-order valence-electron chi connectivity index (χ4n) is 1.70. The Kier molecular flexibility index (Phi) is 3.57. The lowest BCUT2D eigenvalue weighted by molar-refractivity contribution is 0.0951. The van der Waals surface area contributed by atoms with Crippen molar-refractivity contribution in [2.75, 3.05) is 5.73 Å². The van der Waals surface area contributed by atoms with Crippen LogP contribution in [0.25, 0.3) is 0 Å². The molecular weight excluding hydrogens is 226 g/mol. The van der Waals surface area contributed by atoms with Crippen molar-refractivity contribution in [1.29, 1.82) is 0 Å². The maximum absolute atomic E-state index is 11.9. The average molecular weight is 241 g/mol. The molecule has 1 aromatic carbocycles. The fraction of sp³-hybridized carbons (Fsp3) is 0.143. The second-order valence-corrected chi connectivity index (χ2v) is 4.04. The van der Waals surface area contributed by atoms with E-state index < -0.39 is 0 Å². The lowest BCUT2D eigenvalue weighted by Gasteiger charge is -2.09. The minimum atomic E-state index is -0.113. The molecule has 4 heteroatoms. The highest BCUT2D eigenvalue weighted by molar-refractivity contribution is 5.94. The number of benzene rings is 1. The minimum absolute atomic E-state index is 0.113. The highest BCUT2D eigenvalue weighted by atomic mass is 16.1. The molecule has 2 rings (SSSR count). The van der Waals surface area contributed by atoms with Crippen LogP contribution in [0.15, 0.2) is 42.6 Å². The van der Waals surface area contributed by atoms with Gasteiger partial charge in [-0.3, -0.25) is 4.79 Å². The number of hydrogen-bond acceptors (Lipinski definition) is 3. The zero-order chi connectivity index (χ0) is 13.0. The number of nitrogen functional groups attached to an aromatic ring is 1. The summed E-state index contributed by atoms with van der Waals surface area (Å²) >= 11 is 0. The van der Waals surface area contributed by atoms with Crippen LogP contribution in [-0.2, 0) is 6.54 Å². The number of carbonyl (C=O) groups excluding carboxylic acids is 1. The van der Waals surface area contributed by atoms with Crippen molar-refractivity contribution in [3.05, 3.63) is 59.3 Å². The molecule has 0 fully saturated rings. The number of aromatic nitrogens is 1. The van der Waals surface area contributed by atoms with Crippen LogP contribution in [0.3, 0.4) is 0 Å². The topological polar surface area (TPSA) is 68.0 Å². The van der Waals surface area contributed by atoms with Crippen molar-refractivity contribution >= 4 is 11.7 Å². The Labute approximate surface area is 106 Å². The summed E-state index contributed by atoms with van der Waals surface area (Å²) in [6.07, 6.45) is 1.66. The zero-order valence-electron chi connectivity index (χ0n) is 10.2. The van der Waals surface area contributed by atoms with Crippen LogP contribution in [-0.4, -0.2) is 10.9 Å². The van der Waals surface area contributed by atoms with E-state index in [1.165, 1.54) is 0 Å².